The van der Waals surface area contributed by atoms with Crippen LogP contribution in [-0.4, -0.2) is 12.1 Å². The topological polar surface area (TPSA) is 26.3 Å². The van der Waals surface area contributed by atoms with Gasteiger partial charge >= 0.3 is 18.9 Å². The van der Waals surface area contributed by atoms with Gasteiger partial charge < -0.3 is 4.74 Å². The third-order valence-electron chi connectivity index (χ3n) is 3.90. The van der Waals surface area contributed by atoms with Gasteiger partial charge in [0.25, 0.3) is 0 Å². The van der Waals surface area contributed by atoms with Gasteiger partial charge in [-0.25, -0.2) is 0 Å². The summed E-state index contributed by atoms with van der Waals surface area (Å²) in [5.74, 6) is 0.853. The van der Waals surface area contributed by atoms with E-state index in [9.17, 15) is 4.79 Å². The molecule has 0 radical (unpaired) electrons. The quantitative estimate of drug-likeness (QED) is 0.364. The van der Waals surface area contributed by atoms with Crippen LogP contribution >= 0.6 is 31.8 Å². The molecule has 0 aliphatic carbocycles. The fourth-order valence-electron chi connectivity index (χ4n) is 2.48. The van der Waals surface area contributed by atoms with Gasteiger partial charge in [0.15, 0.2) is 5.52 Å². The molecule has 0 amide bonds. The van der Waals surface area contributed by atoms with Crippen LogP contribution < -0.4 is 28.9 Å². The van der Waals surface area contributed by atoms with Crippen molar-refractivity contribution in [2.45, 2.75) is 39.5 Å². The number of benzene rings is 2. The van der Waals surface area contributed by atoms with Crippen molar-refractivity contribution in [3.8, 4) is 5.75 Å². The van der Waals surface area contributed by atoms with Gasteiger partial charge in [-0.2, -0.15) is 0 Å². The zero-order chi connectivity index (χ0) is 18.2. The molecule has 2 aromatic rings. The van der Waals surface area contributed by atoms with Crippen molar-refractivity contribution in [3.63, 3.8) is 0 Å². The van der Waals surface area contributed by atoms with Crippen molar-refractivity contribution in [1.82, 2.24) is 0 Å². The summed E-state index contributed by atoms with van der Waals surface area (Å²) in [5.41, 5.74) is 1.40. The van der Waals surface area contributed by atoms with Crippen LogP contribution in [0.3, 0.4) is 0 Å². The minimum Gasteiger partial charge on any atom is -0.494 e. The number of aryl methyl sites for hydroxylation is 1. The van der Waals surface area contributed by atoms with Gasteiger partial charge in [0.05, 0.1) is 22.2 Å². The van der Waals surface area contributed by atoms with E-state index in [2.05, 4.69) is 6.92 Å². The maximum absolute atomic E-state index is 12.6. The second kappa shape index (κ2) is 12.1. The number of carbonyl (C=O) groups is 1. The Bertz CT molecular complexity index is 717. The molecule has 0 N–H and O–H groups in total. The van der Waals surface area contributed by atoms with E-state index in [1.807, 2.05) is 25.1 Å². The van der Waals surface area contributed by atoms with Gasteiger partial charge in [0, 0.05) is 0 Å². The smallest absolute Gasteiger partial charge is 0.494 e. The predicted octanol–water partition coefficient (Wildman–Crippen LogP) is 3.41. The second-order valence-corrected chi connectivity index (χ2v) is 7.99. The third kappa shape index (κ3) is 6.92. The Balaban J connectivity index is 0.00000338. The number of hydrogen-bond donors (Lipinski definition) is 0. The molecule has 0 aliphatic heterocycles. The predicted molar refractivity (Wildman–Crippen MR) is 110 cm³/mol. The molecule has 0 aliphatic rings. The molecule has 2 aromatic carbocycles. The number of hydrogen-bond acceptors (Lipinski definition) is 2. The molecule has 26 heavy (non-hydrogen) atoms. The minimum atomic E-state index is -0.0491. The van der Waals surface area contributed by atoms with E-state index in [0.29, 0.717) is 15.6 Å². The van der Waals surface area contributed by atoms with E-state index < -0.39 is 0 Å². The summed E-state index contributed by atoms with van der Waals surface area (Å²) in [6.07, 6.45) is 4.73. The molecule has 6 heteroatoms. The van der Waals surface area contributed by atoms with Crippen molar-refractivity contribution >= 4 is 42.6 Å². The van der Waals surface area contributed by atoms with E-state index in [1.165, 1.54) is 19.3 Å². The van der Waals surface area contributed by atoms with Crippen LogP contribution in [0.4, 0.5) is 0 Å². The molecule has 2 rings (SSSR count). The summed E-state index contributed by atoms with van der Waals surface area (Å²) in [6, 6.07) is 11.0. The Labute approximate surface area is 180 Å². The zero-order valence-corrected chi connectivity index (χ0v) is 18.1. The molecule has 2 nitrogen and oxygen atoms in total. The van der Waals surface area contributed by atoms with Gasteiger partial charge in [0.1, 0.15) is 5.75 Å². The number of ether oxygens (including phenoxy) is 1. The maximum Gasteiger partial charge on any atom is 1.00 e. The molecule has 1 atom stereocenters. The molecule has 0 saturated carbocycles. The fourth-order valence-corrected chi connectivity index (χ4v) is 4.29. The first-order valence-corrected chi connectivity index (χ1v) is 10.3. The van der Waals surface area contributed by atoms with E-state index >= 15 is 0 Å². The number of unbranched alkanes of at least 4 members (excludes halogenated alkanes) is 3. The molecular weight excluding hydrogens is 381 g/mol. The third-order valence-corrected chi connectivity index (χ3v) is 5.84. The number of halogens is 2. The van der Waals surface area contributed by atoms with E-state index in [-0.39, 0.29) is 33.0 Å². The van der Waals surface area contributed by atoms with E-state index in [1.54, 1.807) is 18.2 Å². The van der Waals surface area contributed by atoms with Crippen LogP contribution in [0.1, 0.15) is 48.5 Å². The Morgan fingerprint density at radius 2 is 1.77 bits per heavy atom. The summed E-state index contributed by atoms with van der Waals surface area (Å²) in [4.78, 5) is 12.6. The van der Waals surface area contributed by atoms with Gasteiger partial charge in [0.2, 0.25) is 0 Å². The largest absolute Gasteiger partial charge is 1.00 e. The number of carbonyl (C=O) groups excluding carboxylic acids is 1. The molecule has 0 spiro atoms. The fraction of sp³-hybridized carbons (Fsp3) is 0.350. The van der Waals surface area contributed by atoms with Crippen LogP contribution in [0.2, 0.25) is 10.0 Å². The molecule has 0 saturated heterocycles. The molecule has 0 fully saturated rings. The van der Waals surface area contributed by atoms with Gasteiger partial charge in [-0.3, -0.25) is 4.79 Å². The van der Waals surface area contributed by atoms with Crippen LogP contribution in [0.15, 0.2) is 36.4 Å². The van der Waals surface area contributed by atoms with E-state index in [4.69, 9.17) is 27.9 Å². The van der Waals surface area contributed by atoms with Crippen molar-refractivity contribution < 1.29 is 28.4 Å². The summed E-state index contributed by atoms with van der Waals surface area (Å²) >= 11 is 12.3. The van der Waals surface area contributed by atoms with Crippen molar-refractivity contribution in [3.05, 3.63) is 57.6 Å². The molecular formula is C20H23Cl2LiO2P+. The normalized spacial score (nSPS) is 10.8. The van der Waals surface area contributed by atoms with E-state index in [0.717, 1.165) is 29.6 Å². The Kier molecular flexibility index (Phi) is 10.9. The summed E-state index contributed by atoms with van der Waals surface area (Å²) in [6.45, 7) is 4.92. The molecule has 134 valence electrons. The number of rotatable bonds is 9. The molecule has 1 unspecified atom stereocenters. The van der Waals surface area contributed by atoms with Crippen molar-refractivity contribution in [2.24, 2.45) is 0 Å². The maximum atomic E-state index is 12.6. The second-order valence-electron chi connectivity index (χ2n) is 5.94. The standard InChI is InChI=1S/C20H23Cl2O2P.Li/c1-3-4-5-6-12-24-15-10-11-18(14(2)13-15)25-20(23)19-16(21)8-7-9-17(19)22;/h7-11,13,25H,3-6,12H2,1-2H3;/q;+1. The Morgan fingerprint density at radius 1 is 1.08 bits per heavy atom. The van der Waals surface area contributed by atoms with Crippen molar-refractivity contribution in [2.75, 3.05) is 6.61 Å². The monoisotopic (exact) mass is 403 g/mol. The first-order chi connectivity index (χ1) is 12.0. The Hall–Kier alpha value is -0.483. The zero-order valence-electron chi connectivity index (χ0n) is 15.6. The van der Waals surface area contributed by atoms with Gasteiger partial charge in [-0.05, 0) is 57.1 Å². The molecule has 0 bridgehead atoms. The average Bonchev–Trinajstić information content (AvgIpc) is 2.57. The first kappa shape index (κ1) is 23.6. The van der Waals surface area contributed by atoms with Gasteiger partial charge in [-0.15, -0.1) is 0 Å². The Morgan fingerprint density at radius 3 is 2.38 bits per heavy atom. The summed E-state index contributed by atoms with van der Waals surface area (Å²) < 4.78 is 5.79. The average molecular weight is 404 g/mol. The van der Waals surface area contributed by atoms with Crippen LogP contribution in [-0.2, 0) is 0 Å². The first-order valence-electron chi connectivity index (χ1n) is 8.51. The van der Waals surface area contributed by atoms with Crippen LogP contribution in [0.5, 0.6) is 5.75 Å². The van der Waals surface area contributed by atoms with Gasteiger partial charge in [-0.1, -0.05) is 61.5 Å². The SMILES string of the molecule is CCCCCCOc1ccc(PC(=O)c2c(Cl)cccc2Cl)c(C)c1.[Li+]. The van der Waals surface area contributed by atoms with Crippen LogP contribution in [0, 0.1) is 6.92 Å². The van der Waals surface area contributed by atoms with Crippen molar-refractivity contribution in [1.29, 1.82) is 0 Å². The summed E-state index contributed by atoms with van der Waals surface area (Å²) in [7, 11) is -0.0174. The summed E-state index contributed by atoms with van der Waals surface area (Å²) in [5, 5.41) is 1.78. The molecule has 0 aromatic heterocycles. The minimum absolute atomic E-state index is 0. The molecule has 0 heterocycles. The van der Waals surface area contributed by atoms with Crippen LogP contribution in [0.25, 0.3) is 0 Å².